The lowest BCUT2D eigenvalue weighted by Crippen LogP contribution is -2.03. The van der Waals surface area contributed by atoms with Crippen molar-refractivity contribution in [1.29, 1.82) is 5.26 Å². The van der Waals surface area contributed by atoms with Gasteiger partial charge in [0, 0.05) is 5.69 Å². The first-order valence-electron chi connectivity index (χ1n) is 7.91. The molecule has 2 aromatic carbocycles. The molecule has 0 aliphatic carbocycles. The van der Waals surface area contributed by atoms with E-state index in [2.05, 4.69) is 71.8 Å². The van der Waals surface area contributed by atoms with Gasteiger partial charge in [0.15, 0.2) is 4.34 Å². The average molecular weight is 367 g/mol. The quantitative estimate of drug-likeness (QED) is 0.613. The molecule has 1 atom stereocenters. The van der Waals surface area contributed by atoms with Gasteiger partial charge in [-0.2, -0.15) is 5.26 Å². The van der Waals surface area contributed by atoms with Gasteiger partial charge < -0.3 is 5.32 Å². The van der Waals surface area contributed by atoms with Crippen LogP contribution in [0.4, 0.5) is 10.8 Å². The number of nitrogens with zero attached hydrogens (tertiary/aromatic N) is 3. The minimum atomic E-state index is -0.178. The Labute approximate surface area is 155 Å². The molecule has 1 heterocycles. The van der Waals surface area contributed by atoms with Gasteiger partial charge in [-0.15, -0.1) is 10.2 Å². The number of benzene rings is 2. The molecule has 0 aliphatic rings. The van der Waals surface area contributed by atoms with Crippen molar-refractivity contribution in [1.82, 2.24) is 10.2 Å². The lowest BCUT2D eigenvalue weighted by atomic mass is 10.1. The van der Waals surface area contributed by atoms with Crippen LogP contribution in [-0.4, -0.2) is 15.4 Å². The monoisotopic (exact) mass is 366 g/mol. The molecule has 0 bridgehead atoms. The molecule has 3 aromatic rings. The molecule has 0 aliphatic heterocycles. The van der Waals surface area contributed by atoms with Crippen LogP contribution >= 0.6 is 23.1 Å². The fraction of sp³-hybridized carbons (Fsp3) is 0.211. The van der Waals surface area contributed by atoms with E-state index in [-0.39, 0.29) is 5.25 Å². The van der Waals surface area contributed by atoms with E-state index < -0.39 is 0 Å². The summed E-state index contributed by atoms with van der Waals surface area (Å²) in [4.78, 5) is 0. The molecule has 6 heteroatoms. The molecule has 0 saturated carbocycles. The molecule has 3 rings (SSSR count). The Morgan fingerprint density at radius 2 is 1.92 bits per heavy atom. The number of anilines is 2. The van der Waals surface area contributed by atoms with Gasteiger partial charge in [0.25, 0.3) is 0 Å². The Hall–Kier alpha value is -2.36. The Balaban J connectivity index is 1.63. The highest BCUT2D eigenvalue weighted by atomic mass is 32.2. The Morgan fingerprint density at radius 3 is 2.64 bits per heavy atom. The van der Waals surface area contributed by atoms with Crippen LogP contribution in [0.5, 0.6) is 0 Å². The Morgan fingerprint density at radius 1 is 1.12 bits per heavy atom. The highest BCUT2D eigenvalue weighted by Gasteiger charge is 2.14. The summed E-state index contributed by atoms with van der Waals surface area (Å²) in [5, 5.41) is 21.6. The molecule has 0 radical (unpaired) electrons. The molecule has 126 valence electrons. The van der Waals surface area contributed by atoms with Crippen LogP contribution < -0.4 is 5.32 Å². The van der Waals surface area contributed by atoms with E-state index >= 15 is 0 Å². The molecule has 4 nitrogen and oxygen atoms in total. The predicted molar refractivity (Wildman–Crippen MR) is 105 cm³/mol. The molecule has 1 aromatic heterocycles. The number of aromatic nitrogens is 2. The van der Waals surface area contributed by atoms with E-state index in [4.69, 9.17) is 0 Å². The first-order chi connectivity index (χ1) is 12.1. The van der Waals surface area contributed by atoms with Crippen LogP contribution in [0.25, 0.3) is 0 Å². The van der Waals surface area contributed by atoms with Crippen molar-refractivity contribution in [3.8, 4) is 6.07 Å². The number of nitrogens with one attached hydrogen (secondary N) is 1. The summed E-state index contributed by atoms with van der Waals surface area (Å²) in [7, 11) is 0. The van der Waals surface area contributed by atoms with Gasteiger partial charge >= 0.3 is 0 Å². The molecule has 0 amide bonds. The van der Waals surface area contributed by atoms with Gasteiger partial charge in [0.1, 0.15) is 5.25 Å². The highest BCUT2D eigenvalue weighted by molar-refractivity contribution is 8.01. The fourth-order valence-corrected chi connectivity index (χ4v) is 4.26. The lowest BCUT2D eigenvalue weighted by Gasteiger charge is -2.06. The molecule has 0 spiro atoms. The fourth-order valence-electron chi connectivity index (χ4n) is 2.33. The van der Waals surface area contributed by atoms with E-state index in [1.807, 2.05) is 12.1 Å². The van der Waals surface area contributed by atoms with Crippen LogP contribution in [-0.2, 0) is 6.42 Å². The normalized spacial score (nSPS) is 11.7. The first kappa shape index (κ1) is 17.5. The molecule has 0 fully saturated rings. The molecule has 0 unspecified atom stereocenters. The zero-order chi connectivity index (χ0) is 17.6. The van der Waals surface area contributed by atoms with Crippen LogP contribution in [0, 0.1) is 25.2 Å². The summed E-state index contributed by atoms with van der Waals surface area (Å²) in [5.41, 5.74) is 4.56. The minimum absolute atomic E-state index is 0.178. The summed E-state index contributed by atoms with van der Waals surface area (Å²) in [6, 6.07) is 18.8. The number of nitriles is 1. The van der Waals surface area contributed by atoms with Gasteiger partial charge in [-0.3, -0.25) is 0 Å². The van der Waals surface area contributed by atoms with Crippen molar-refractivity contribution < 1.29 is 0 Å². The second kappa shape index (κ2) is 8.15. The summed E-state index contributed by atoms with van der Waals surface area (Å²) >= 11 is 2.93. The van der Waals surface area contributed by atoms with Crippen molar-refractivity contribution in [3.63, 3.8) is 0 Å². The van der Waals surface area contributed by atoms with Gasteiger partial charge in [-0.05, 0) is 43.5 Å². The maximum absolute atomic E-state index is 9.45. The van der Waals surface area contributed by atoms with E-state index in [1.165, 1.54) is 34.2 Å². The summed E-state index contributed by atoms with van der Waals surface area (Å²) in [5.74, 6) is 0. The third-order valence-electron chi connectivity index (χ3n) is 3.60. The van der Waals surface area contributed by atoms with E-state index in [9.17, 15) is 5.26 Å². The van der Waals surface area contributed by atoms with Crippen LogP contribution in [0.3, 0.4) is 0 Å². The first-order valence-corrected chi connectivity index (χ1v) is 9.61. The van der Waals surface area contributed by atoms with Crippen molar-refractivity contribution in [2.75, 3.05) is 5.32 Å². The zero-order valence-corrected chi connectivity index (χ0v) is 15.7. The van der Waals surface area contributed by atoms with E-state index in [0.717, 1.165) is 20.7 Å². The number of aryl methyl sites for hydroxylation is 2. The third-order valence-corrected chi connectivity index (χ3v) is 5.62. The number of hydrogen-bond acceptors (Lipinski definition) is 6. The highest BCUT2D eigenvalue weighted by Crippen LogP contribution is 2.31. The Kier molecular flexibility index (Phi) is 5.69. The Bertz CT molecular complexity index is 881. The predicted octanol–water partition coefficient (Wildman–Crippen LogP) is 5.13. The van der Waals surface area contributed by atoms with Crippen molar-refractivity contribution >= 4 is 33.9 Å². The van der Waals surface area contributed by atoms with Crippen molar-refractivity contribution in [2.24, 2.45) is 0 Å². The molecule has 0 saturated heterocycles. The van der Waals surface area contributed by atoms with Gasteiger partial charge in [-0.25, -0.2) is 0 Å². The van der Waals surface area contributed by atoms with E-state index in [0.29, 0.717) is 6.42 Å². The maximum atomic E-state index is 9.45. The van der Waals surface area contributed by atoms with Crippen LogP contribution in [0.2, 0.25) is 0 Å². The van der Waals surface area contributed by atoms with Crippen LogP contribution in [0.15, 0.2) is 52.9 Å². The summed E-state index contributed by atoms with van der Waals surface area (Å²) < 4.78 is 0.800. The topological polar surface area (TPSA) is 61.6 Å². The largest absolute Gasteiger partial charge is 0.330 e. The molecular formula is C19H18N4S2. The summed E-state index contributed by atoms with van der Waals surface area (Å²) in [6.07, 6.45) is 0.696. The smallest absolute Gasteiger partial charge is 0.210 e. The second-order valence-electron chi connectivity index (χ2n) is 5.79. The summed E-state index contributed by atoms with van der Waals surface area (Å²) in [6.45, 7) is 4.11. The maximum Gasteiger partial charge on any atom is 0.210 e. The average Bonchev–Trinajstić information content (AvgIpc) is 3.03. The third kappa shape index (κ3) is 5.05. The van der Waals surface area contributed by atoms with Gasteiger partial charge in [0.2, 0.25) is 5.13 Å². The van der Waals surface area contributed by atoms with E-state index in [1.54, 1.807) is 0 Å². The second-order valence-corrected chi connectivity index (χ2v) is 8.22. The number of rotatable bonds is 6. The standard InChI is InChI=1S/C19H18N4S2/c1-13-6-8-15(9-7-13)11-17(12-20)24-19-23-22-18(25-19)21-16-5-3-4-14(2)10-16/h3-10,17H,11H2,1-2H3,(H,21,22)/t17-/m0/s1. The SMILES string of the molecule is Cc1ccc(C[C@@H](C#N)Sc2nnc(Nc3cccc(C)c3)s2)cc1. The lowest BCUT2D eigenvalue weighted by molar-refractivity contribution is 0.990. The van der Waals surface area contributed by atoms with Gasteiger partial charge in [-0.1, -0.05) is 65.1 Å². The number of thioether (sulfide) groups is 1. The zero-order valence-electron chi connectivity index (χ0n) is 14.1. The number of hydrogen-bond donors (Lipinski definition) is 1. The molecule has 25 heavy (non-hydrogen) atoms. The molecule has 1 N–H and O–H groups in total. The van der Waals surface area contributed by atoms with Crippen molar-refractivity contribution in [3.05, 3.63) is 65.2 Å². The van der Waals surface area contributed by atoms with Crippen LogP contribution in [0.1, 0.15) is 16.7 Å². The minimum Gasteiger partial charge on any atom is -0.330 e. The van der Waals surface area contributed by atoms with Crippen molar-refractivity contribution in [2.45, 2.75) is 29.9 Å². The van der Waals surface area contributed by atoms with Gasteiger partial charge in [0.05, 0.1) is 6.07 Å². The molecular weight excluding hydrogens is 348 g/mol.